The molecule has 0 saturated carbocycles. The van der Waals surface area contributed by atoms with Gasteiger partial charge < -0.3 is 4.74 Å². The topological polar surface area (TPSA) is 46.5 Å². The van der Waals surface area contributed by atoms with Gasteiger partial charge >= 0.3 is 0 Å². The zero-order valence-electron chi connectivity index (χ0n) is 12.1. The van der Waals surface area contributed by atoms with Gasteiger partial charge in [0.15, 0.2) is 0 Å². The van der Waals surface area contributed by atoms with Crippen LogP contribution in [-0.4, -0.2) is 11.2 Å². The highest BCUT2D eigenvalue weighted by atomic mass is 32.1. The van der Waals surface area contributed by atoms with Crippen LogP contribution in [0.2, 0.25) is 0 Å². The number of nitrogens with zero attached hydrogens (tertiary/aromatic N) is 2. The van der Waals surface area contributed by atoms with Gasteiger partial charge in [0.1, 0.15) is 18.2 Å². The van der Waals surface area contributed by atoms with Crippen molar-refractivity contribution in [3.63, 3.8) is 0 Å². The number of halogens is 1. The van der Waals surface area contributed by atoms with E-state index >= 15 is 0 Å². The Morgan fingerprint density at radius 1 is 1.17 bits per heavy atom. The van der Waals surface area contributed by atoms with E-state index in [0.29, 0.717) is 16.4 Å². The predicted molar refractivity (Wildman–Crippen MR) is 90.5 cm³/mol. The maximum atomic E-state index is 13.6. The molecule has 0 saturated heterocycles. The summed E-state index contributed by atoms with van der Waals surface area (Å²) in [6.07, 6.45) is 3.35. The van der Waals surface area contributed by atoms with Gasteiger partial charge in [-0.2, -0.15) is 5.10 Å². The molecule has 0 aliphatic heterocycles. The lowest BCUT2D eigenvalue weighted by Gasteiger charge is -2.09. The van der Waals surface area contributed by atoms with Crippen LogP contribution >= 0.6 is 11.3 Å². The number of rotatable bonds is 6. The largest absolute Gasteiger partial charge is 0.488 e. The first kappa shape index (κ1) is 15.2. The number of thiazole rings is 1. The molecule has 3 aromatic rings. The molecule has 0 amide bonds. The van der Waals surface area contributed by atoms with E-state index in [9.17, 15) is 4.39 Å². The van der Waals surface area contributed by atoms with E-state index in [1.165, 1.54) is 17.4 Å². The van der Waals surface area contributed by atoms with Crippen molar-refractivity contribution in [2.45, 2.75) is 6.61 Å². The Morgan fingerprint density at radius 2 is 2.00 bits per heavy atom. The number of hydrogen-bond donors (Lipinski definition) is 1. The lowest BCUT2D eigenvalue weighted by molar-refractivity contribution is 0.299. The number of aromatic nitrogens is 1. The molecule has 0 atom stereocenters. The first-order valence-corrected chi connectivity index (χ1v) is 7.85. The van der Waals surface area contributed by atoms with Gasteiger partial charge in [0.25, 0.3) is 0 Å². The van der Waals surface area contributed by atoms with E-state index in [2.05, 4.69) is 15.5 Å². The van der Waals surface area contributed by atoms with Crippen LogP contribution in [0.15, 0.2) is 65.2 Å². The lowest BCUT2D eigenvalue weighted by atomic mass is 10.2. The van der Waals surface area contributed by atoms with Crippen molar-refractivity contribution in [1.82, 2.24) is 4.98 Å². The summed E-state index contributed by atoms with van der Waals surface area (Å²) in [7, 11) is 0. The van der Waals surface area contributed by atoms with Crippen molar-refractivity contribution in [3.05, 3.63) is 77.1 Å². The predicted octanol–water partition coefficient (Wildman–Crippen LogP) is 4.31. The first-order chi connectivity index (χ1) is 11.3. The Kier molecular flexibility index (Phi) is 4.95. The monoisotopic (exact) mass is 327 g/mol. The molecule has 4 nitrogen and oxygen atoms in total. The normalized spacial score (nSPS) is 10.8. The smallest absolute Gasteiger partial charge is 0.203 e. The maximum absolute atomic E-state index is 13.6. The number of nitrogens with one attached hydrogen (secondary N) is 1. The molecule has 0 aliphatic rings. The van der Waals surface area contributed by atoms with E-state index in [-0.39, 0.29) is 12.4 Å². The summed E-state index contributed by atoms with van der Waals surface area (Å²) in [5.41, 5.74) is 4.16. The Labute approximate surface area is 137 Å². The van der Waals surface area contributed by atoms with Crippen LogP contribution in [0.5, 0.6) is 5.75 Å². The number of hydrazone groups is 1. The van der Waals surface area contributed by atoms with Gasteiger partial charge in [0.2, 0.25) is 5.13 Å². The van der Waals surface area contributed by atoms with Crippen LogP contribution in [0.25, 0.3) is 0 Å². The number of anilines is 1. The van der Waals surface area contributed by atoms with Crippen LogP contribution in [0.4, 0.5) is 9.52 Å². The average molecular weight is 327 g/mol. The van der Waals surface area contributed by atoms with E-state index < -0.39 is 0 Å². The molecule has 1 aromatic heterocycles. The molecule has 0 fully saturated rings. The van der Waals surface area contributed by atoms with Crippen molar-refractivity contribution in [1.29, 1.82) is 0 Å². The van der Waals surface area contributed by atoms with Crippen molar-refractivity contribution in [3.8, 4) is 5.75 Å². The highest BCUT2D eigenvalue weighted by Crippen LogP contribution is 2.19. The Balaban J connectivity index is 1.68. The van der Waals surface area contributed by atoms with Crippen molar-refractivity contribution >= 4 is 22.7 Å². The third kappa shape index (κ3) is 4.14. The molecule has 23 heavy (non-hydrogen) atoms. The molecule has 0 radical (unpaired) electrons. The summed E-state index contributed by atoms with van der Waals surface area (Å²) in [4.78, 5) is 4.08. The van der Waals surface area contributed by atoms with Crippen LogP contribution in [0.1, 0.15) is 11.1 Å². The summed E-state index contributed by atoms with van der Waals surface area (Å²) in [6.45, 7) is 0.164. The van der Waals surface area contributed by atoms with E-state index in [1.807, 2.05) is 29.6 Å². The molecule has 6 heteroatoms. The second-order valence-corrected chi connectivity index (χ2v) is 5.52. The van der Waals surface area contributed by atoms with Gasteiger partial charge in [-0.1, -0.05) is 30.3 Å². The van der Waals surface area contributed by atoms with Crippen molar-refractivity contribution < 1.29 is 9.13 Å². The minimum Gasteiger partial charge on any atom is -0.488 e. The minimum absolute atomic E-state index is 0.164. The van der Waals surface area contributed by atoms with E-state index in [4.69, 9.17) is 4.74 Å². The molecule has 3 rings (SSSR count). The second kappa shape index (κ2) is 7.51. The SMILES string of the molecule is Fc1ccccc1COc1ccccc1/C=N/Nc1nccs1. The highest BCUT2D eigenvalue weighted by molar-refractivity contribution is 7.13. The van der Waals surface area contributed by atoms with Crippen molar-refractivity contribution in [2.24, 2.45) is 5.10 Å². The molecule has 116 valence electrons. The average Bonchev–Trinajstić information content (AvgIpc) is 3.09. The summed E-state index contributed by atoms with van der Waals surface area (Å²) in [6, 6.07) is 14.0. The molecule has 1 heterocycles. The molecular formula is C17H14FN3OS. The summed E-state index contributed by atoms with van der Waals surface area (Å²) < 4.78 is 19.4. The van der Waals surface area contributed by atoms with Gasteiger partial charge in [-0.05, 0) is 18.2 Å². The molecule has 0 aliphatic carbocycles. The first-order valence-electron chi connectivity index (χ1n) is 6.97. The molecular weight excluding hydrogens is 313 g/mol. The minimum atomic E-state index is -0.274. The Bertz CT molecular complexity index is 790. The zero-order valence-corrected chi connectivity index (χ0v) is 13.0. The quantitative estimate of drug-likeness (QED) is 0.542. The maximum Gasteiger partial charge on any atom is 0.203 e. The van der Waals surface area contributed by atoms with E-state index in [1.54, 1.807) is 30.6 Å². The fourth-order valence-electron chi connectivity index (χ4n) is 1.93. The van der Waals surface area contributed by atoms with Gasteiger partial charge in [-0.15, -0.1) is 11.3 Å². The molecule has 0 unspecified atom stereocenters. The molecule has 2 aromatic carbocycles. The molecule has 1 N–H and O–H groups in total. The summed E-state index contributed by atoms with van der Waals surface area (Å²) >= 11 is 1.46. The fourth-order valence-corrected chi connectivity index (χ4v) is 2.40. The zero-order chi connectivity index (χ0) is 15.9. The van der Waals surface area contributed by atoms with Gasteiger partial charge in [0.05, 0.1) is 6.21 Å². The van der Waals surface area contributed by atoms with Gasteiger partial charge in [-0.25, -0.2) is 9.37 Å². The third-order valence-corrected chi connectivity index (χ3v) is 3.73. The number of hydrogen-bond acceptors (Lipinski definition) is 5. The van der Waals surface area contributed by atoms with Crippen molar-refractivity contribution in [2.75, 3.05) is 5.43 Å². The van der Waals surface area contributed by atoms with Gasteiger partial charge in [-0.3, -0.25) is 5.43 Å². The van der Waals surface area contributed by atoms with Crippen LogP contribution in [-0.2, 0) is 6.61 Å². The highest BCUT2D eigenvalue weighted by Gasteiger charge is 2.04. The summed E-state index contributed by atoms with van der Waals surface area (Å²) in [5, 5.41) is 6.71. The lowest BCUT2D eigenvalue weighted by Crippen LogP contribution is -2.01. The molecule has 0 bridgehead atoms. The number of para-hydroxylation sites is 1. The van der Waals surface area contributed by atoms with Crippen LogP contribution < -0.4 is 10.2 Å². The van der Waals surface area contributed by atoms with Crippen LogP contribution in [0.3, 0.4) is 0 Å². The van der Waals surface area contributed by atoms with E-state index in [0.717, 1.165) is 5.56 Å². The van der Waals surface area contributed by atoms with Crippen LogP contribution in [0, 0.1) is 5.82 Å². The standard InChI is InChI=1S/C17H14FN3OS/c18-15-7-3-1-6-14(15)12-22-16-8-4-2-5-13(16)11-20-21-17-19-9-10-23-17/h1-11H,12H2,(H,19,21)/b20-11+. The third-order valence-electron chi connectivity index (χ3n) is 3.06. The number of benzene rings is 2. The second-order valence-electron chi connectivity index (χ2n) is 4.63. The Hall–Kier alpha value is -2.73. The fraction of sp³-hybridized carbons (Fsp3) is 0.0588. The van der Waals surface area contributed by atoms with Gasteiger partial charge in [0, 0.05) is 22.7 Å². The molecule has 0 spiro atoms. The number of ether oxygens (including phenoxy) is 1. The summed E-state index contributed by atoms with van der Waals surface area (Å²) in [5.74, 6) is 0.365. The Morgan fingerprint density at radius 3 is 2.83 bits per heavy atom.